The zero-order chi connectivity index (χ0) is 10.6. The summed E-state index contributed by atoms with van der Waals surface area (Å²) < 4.78 is 1.21. The maximum Gasteiger partial charge on any atom is 0.0718 e. The smallest absolute Gasteiger partial charge is 0.0718 e. The number of hydrogen-bond donors (Lipinski definition) is 0. The lowest BCUT2D eigenvalue weighted by Gasteiger charge is -2.17. The summed E-state index contributed by atoms with van der Waals surface area (Å²) in [4.78, 5) is 2.70. The number of fused-ring (bicyclic) bond motifs is 1. The van der Waals surface area contributed by atoms with Gasteiger partial charge in [0.2, 0.25) is 0 Å². The molecule has 3 heteroatoms. The number of aryl methyl sites for hydroxylation is 1. The molecule has 2 saturated carbocycles. The zero-order valence-electron chi connectivity index (χ0n) is 8.67. The van der Waals surface area contributed by atoms with Crippen LogP contribution < -0.4 is 0 Å². The van der Waals surface area contributed by atoms with Crippen molar-refractivity contribution in [3.05, 3.63) is 20.3 Å². The number of hydrogen-bond acceptors (Lipinski definition) is 1. The molecule has 2 aliphatic rings. The Labute approximate surface area is 108 Å². The molecule has 0 spiro atoms. The minimum absolute atomic E-state index is 0.242. The van der Waals surface area contributed by atoms with Gasteiger partial charge >= 0.3 is 0 Å². The Bertz CT molecular complexity index is 377. The van der Waals surface area contributed by atoms with E-state index < -0.39 is 0 Å². The predicted molar refractivity (Wildman–Crippen MR) is 69.7 cm³/mol. The summed E-state index contributed by atoms with van der Waals surface area (Å²) in [5, 5.41) is 0.242. The Hall–Kier alpha value is 0.470. The monoisotopic (exact) mass is 304 g/mol. The van der Waals surface area contributed by atoms with Crippen molar-refractivity contribution in [1.82, 2.24) is 0 Å². The van der Waals surface area contributed by atoms with Crippen molar-refractivity contribution in [2.24, 2.45) is 17.8 Å². The van der Waals surface area contributed by atoms with E-state index in [1.54, 1.807) is 0 Å². The molecule has 1 aromatic rings. The first-order valence-electron chi connectivity index (χ1n) is 5.55. The molecule has 0 nitrogen and oxygen atoms in total. The van der Waals surface area contributed by atoms with E-state index >= 15 is 0 Å². The van der Waals surface area contributed by atoms with Gasteiger partial charge in [0.25, 0.3) is 0 Å². The molecule has 0 radical (unpaired) electrons. The third-order valence-corrected chi connectivity index (χ3v) is 6.54. The molecule has 2 aliphatic carbocycles. The fourth-order valence-electron chi connectivity index (χ4n) is 2.90. The summed E-state index contributed by atoms with van der Waals surface area (Å²) in [6, 6.07) is 2.19. The van der Waals surface area contributed by atoms with E-state index in [1.165, 1.54) is 33.5 Å². The van der Waals surface area contributed by atoms with E-state index in [4.69, 9.17) is 11.6 Å². The molecule has 1 aromatic heterocycles. The molecular weight excluding hydrogens is 292 g/mol. The highest BCUT2D eigenvalue weighted by atomic mass is 79.9. The van der Waals surface area contributed by atoms with Crippen molar-refractivity contribution < 1.29 is 0 Å². The second kappa shape index (κ2) is 3.75. The molecular formula is C12H14BrClS. The first kappa shape index (κ1) is 10.6. The number of alkyl halides is 1. The second-order valence-electron chi connectivity index (χ2n) is 4.96. The fraction of sp³-hybridized carbons (Fsp3) is 0.667. The normalized spacial score (nSPS) is 35.3. The van der Waals surface area contributed by atoms with Crippen LogP contribution in [0.3, 0.4) is 0 Å². The number of thiophene rings is 1. The van der Waals surface area contributed by atoms with Crippen LogP contribution >= 0.6 is 38.9 Å². The third kappa shape index (κ3) is 1.89. The highest BCUT2D eigenvalue weighted by Crippen LogP contribution is 2.59. The molecule has 1 heterocycles. The van der Waals surface area contributed by atoms with Crippen LogP contribution in [0, 0.1) is 24.7 Å². The average molecular weight is 306 g/mol. The van der Waals surface area contributed by atoms with Crippen LogP contribution in [0.5, 0.6) is 0 Å². The van der Waals surface area contributed by atoms with Crippen LogP contribution in [0.25, 0.3) is 0 Å². The average Bonchev–Trinajstić information content (AvgIpc) is 2.65. The molecule has 0 amide bonds. The molecule has 0 bridgehead atoms. The fourth-order valence-corrected chi connectivity index (χ4v) is 5.46. The maximum atomic E-state index is 6.60. The van der Waals surface area contributed by atoms with Gasteiger partial charge in [-0.05, 0) is 65.9 Å². The summed E-state index contributed by atoms with van der Waals surface area (Å²) >= 11 is 12.1. The van der Waals surface area contributed by atoms with Gasteiger partial charge in [-0.25, -0.2) is 0 Å². The van der Waals surface area contributed by atoms with Gasteiger partial charge in [0.05, 0.1) is 5.38 Å². The van der Waals surface area contributed by atoms with Gasteiger partial charge in [-0.15, -0.1) is 22.9 Å². The molecule has 0 aromatic carbocycles. The van der Waals surface area contributed by atoms with E-state index in [0.29, 0.717) is 0 Å². The van der Waals surface area contributed by atoms with Crippen LogP contribution in [0.1, 0.15) is 34.4 Å². The summed E-state index contributed by atoms with van der Waals surface area (Å²) in [5.41, 5.74) is 0. The molecule has 0 saturated heterocycles. The van der Waals surface area contributed by atoms with Gasteiger partial charge in [-0.1, -0.05) is 0 Å². The van der Waals surface area contributed by atoms with E-state index in [9.17, 15) is 0 Å². The van der Waals surface area contributed by atoms with Gasteiger partial charge in [0, 0.05) is 14.2 Å². The summed E-state index contributed by atoms with van der Waals surface area (Å²) in [5.74, 6) is 2.77. The minimum atomic E-state index is 0.242. The lowest BCUT2D eigenvalue weighted by Crippen LogP contribution is -2.04. The van der Waals surface area contributed by atoms with E-state index in [2.05, 4.69) is 28.9 Å². The van der Waals surface area contributed by atoms with Crippen LogP contribution in [-0.2, 0) is 0 Å². The quantitative estimate of drug-likeness (QED) is 0.663. The van der Waals surface area contributed by atoms with Gasteiger partial charge in [0.1, 0.15) is 0 Å². The molecule has 0 N–H and O–H groups in total. The van der Waals surface area contributed by atoms with Gasteiger partial charge in [-0.3, -0.25) is 0 Å². The first-order valence-corrected chi connectivity index (χ1v) is 7.59. The molecule has 3 unspecified atom stereocenters. The Kier molecular flexibility index (Phi) is 2.65. The van der Waals surface area contributed by atoms with Crippen LogP contribution in [-0.4, -0.2) is 0 Å². The minimum Gasteiger partial charge on any atom is -0.143 e. The highest BCUT2D eigenvalue weighted by molar-refractivity contribution is 9.10. The SMILES string of the molecule is Cc1cc(Br)c(C(Cl)C2CC3CC3C2)s1. The Morgan fingerprint density at radius 3 is 2.60 bits per heavy atom. The highest BCUT2D eigenvalue weighted by Gasteiger charge is 2.48. The molecule has 15 heavy (non-hydrogen) atoms. The Morgan fingerprint density at radius 2 is 2.07 bits per heavy atom. The molecule has 82 valence electrons. The summed E-state index contributed by atoms with van der Waals surface area (Å²) in [6.45, 7) is 2.15. The zero-order valence-corrected chi connectivity index (χ0v) is 11.8. The molecule has 3 atom stereocenters. The van der Waals surface area contributed by atoms with Crippen molar-refractivity contribution in [2.45, 2.75) is 31.6 Å². The van der Waals surface area contributed by atoms with Crippen molar-refractivity contribution in [3.63, 3.8) is 0 Å². The van der Waals surface area contributed by atoms with Crippen LogP contribution in [0.2, 0.25) is 0 Å². The van der Waals surface area contributed by atoms with Crippen LogP contribution in [0.4, 0.5) is 0 Å². The van der Waals surface area contributed by atoms with Gasteiger partial charge in [0.15, 0.2) is 0 Å². The van der Waals surface area contributed by atoms with Crippen molar-refractivity contribution in [3.8, 4) is 0 Å². The predicted octanol–water partition coefficient (Wildman–Crippen LogP) is 5.15. The van der Waals surface area contributed by atoms with Crippen molar-refractivity contribution in [1.29, 1.82) is 0 Å². The Morgan fingerprint density at radius 1 is 1.40 bits per heavy atom. The van der Waals surface area contributed by atoms with Crippen molar-refractivity contribution >= 4 is 38.9 Å². The van der Waals surface area contributed by atoms with E-state index in [0.717, 1.165) is 17.8 Å². The summed E-state index contributed by atoms with van der Waals surface area (Å²) in [6.07, 6.45) is 4.20. The largest absolute Gasteiger partial charge is 0.143 e. The molecule has 3 rings (SSSR count). The summed E-state index contributed by atoms with van der Waals surface area (Å²) in [7, 11) is 0. The van der Waals surface area contributed by atoms with E-state index in [1.807, 2.05) is 11.3 Å². The first-order chi connectivity index (χ1) is 7.15. The second-order valence-corrected chi connectivity index (χ2v) is 7.57. The Balaban J connectivity index is 1.78. The lowest BCUT2D eigenvalue weighted by molar-refractivity contribution is 0.474. The maximum absolute atomic E-state index is 6.60. The number of halogens is 2. The third-order valence-electron chi connectivity index (χ3n) is 3.78. The van der Waals surface area contributed by atoms with Crippen LogP contribution in [0.15, 0.2) is 10.5 Å². The van der Waals surface area contributed by atoms with Gasteiger partial charge in [-0.2, -0.15) is 0 Å². The van der Waals surface area contributed by atoms with Crippen molar-refractivity contribution in [2.75, 3.05) is 0 Å². The van der Waals surface area contributed by atoms with E-state index in [-0.39, 0.29) is 5.38 Å². The lowest BCUT2D eigenvalue weighted by atomic mass is 9.98. The standard InChI is InChI=1S/C12H14BrClS/c1-6-2-10(13)12(15-6)11(14)9-4-7-3-8(7)5-9/h2,7-9,11H,3-5H2,1H3. The molecule has 0 aliphatic heterocycles. The topological polar surface area (TPSA) is 0 Å². The molecule has 2 fully saturated rings. The van der Waals surface area contributed by atoms with Gasteiger partial charge < -0.3 is 0 Å². The number of rotatable bonds is 2.